The first-order chi connectivity index (χ1) is 10.2. The summed E-state index contributed by atoms with van der Waals surface area (Å²) in [6, 6.07) is 0. The Morgan fingerprint density at radius 1 is 1.24 bits per heavy atom. The van der Waals surface area contributed by atoms with Crippen molar-refractivity contribution in [2.75, 3.05) is 26.2 Å². The molecule has 0 aromatic heterocycles. The number of rotatable bonds is 7. The van der Waals surface area contributed by atoms with Crippen LogP contribution in [-0.2, 0) is 4.79 Å². The zero-order valence-electron chi connectivity index (χ0n) is 13.6. The van der Waals surface area contributed by atoms with E-state index in [1.165, 1.54) is 38.8 Å². The number of nitrogens with one attached hydrogen (secondary N) is 1. The molecule has 4 nitrogen and oxygen atoms in total. The minimum Gasteiger partial charge on any atom is -0.480 e. The monoisotopic (exact) mass is 296 g/mol. The normalized spacial score (nSPS) is 31.2. The van der Waals surface area contributed by atoms with Gasteiger partial charge in [-0.2, -0.15) is 0 Å². The highest BCUT2D eigenvalue weighted by Gasteiger charge is 2.48. The molecule has 0 radical (unpaired) electrons. The SMILES string of the molecule is CCCNC1(C(=O)O)CCCC1CCN1CCCCCC1. The van der Waals surface area contributed by atoms with Gasteiger partial charge in [0.15, 0.2) is 0 Å². The third-order valence-corrected chi connectivity index (χ3v) is 5.39. The van der Waals surface area contributed by atoms with E-state index in [4.69, 9.17) is 0 Å². The molecule has 2 N–H and O–H groups in total. The zero-order chi connectivity index (χ0) is 15.1. The van der Waals surface area contributed by atoms with E-state index in [1.807, 2.05) is 0 Å². The minimum atomic E-state index is -0.651. The van der Waals surface area contributed by atoms with Crippen LogP contribution in [0.4, 0.5) is 0 Å². The minimum absolute atomic E-state index is 0.296. The Kier molecular flexibility index (Phi) is 6.49. The lowest BCUT2D eigenvalue weighted by Crippen LogP contribution is -2.55. The first kappa shape index (κ1) is 16.8. The summed E-state index contributed by atoms with van der Waals surface area (Å²) in [7, 11) is 0. The van der Waals surface area contributed by atoms with E-state index < -0.39 is 11.5 Å². The molecule has 21 heavy (non-hydrogen) atoms. The maximum Gasteiger partial charge on any atom is 0.324 e. The van der Waals surface area contributed by atoms with Crippen LogP contribution >= 0.6 is 0 Å². The molecule has 2 aliphatic rings. The lowest BCUT2D eigenvalue weighted by Gasteiger charge is -2.34. The fraction of sp³-hybridized carbons (Fsp3) is 0.941. The van der Waals surface area contributed by atoms with Crippen molar-refractivity contribution in [1.29, 1.82) is 0 Å². The van der Waals surface area contributed by atoms with Gasteiger partial charge >= 0.3 is 5.97 Å². The molecule has 2 unspecified atom stereocenters. The number of carboxylic acid groups (broad SMARTS) is 1. The number of hydrogen-bond acceptors (Lipinski definition) is 3. The zero-order valence-corrected chi connectivity index (χ0v) is 13.6. The van der Waals surface area contributed by atoms with Gasteiger partial charge in [0.25, 0.3) is 0 Å². The molecule has 1 heterocycles. The summed E-state index contributed by atoms with van der Waals surface area (Å²) in [5, 5.41) is 13.1. The van der Waals surface area contributed by atoms with Crippen LogP contribution in [0, 0.1) is 5.92 Å². The Morgan fingerprint density at radius 2 is 1.95 bits per heavy atom. The van der Waals surface area contributed by atoms with Crippen molar-refractivity contribution in [3.8, 4) is 0 Å². The van der Waals surface area contributed by atoms with Gasteiger partial charge in [-0.25, -0.2) is 0 Å². The Balaban J connectivity index is 1.91. The van der Waals surface area contributed by atoms with Gasteiger partial charge in [-0.3, -0.25) is 4.79 Å². The molecule has 1 aliphatic carbocycles. The highest BCUT2D eigenvalue weighted by molar-refractivity contribution is 5.79. The van der Waals surface area contributed by atoms with Gasteiger partial charge in [0.1, 0.15) is 5.54 Å². The predicted octanol–water partition coefficient (Wildman–Crippen LogP) is 2.88. The van der Waals surface area contributed by atoms with E-state index in [-0.39, 0.29) is 0 Å². The van der Waals surface area contributed by atoms with Crippen LogP contribution in [0.15, 0.2) is 0 Å². The third kappa shape index (κ3) is 4.19. The molecule has 4 heteroatoms. The molecule has 0 amide bonds. The molecule has 2 rings (SSSR count). The van der Waals surface area contributed by atoms with E-state index in [9.17, 15) is 9.90 Å². The van der Waals surface area contributed by atoms with Crippen LogP contribution < -0.4 is 5.32 Å². The molecule has 2 fully saturated rings. The average Bonchev–Trinajstić information content (AvgIpc) is 2.71. The van der Waals surface area contributed by atoms with E-state index in [0.29, 0.717) is 5.92 Å². The summed E-state index contributed by atoms with van der Waals surface area (Å²) in [6.45, 7) is 6.40. The number of aliphatic carboxylic acids is 1. The summed E-state index contributed by atoms with van der Waals surface area (Å²) >= 11 is 0. The standard InChI is InChI=1S/C17H32N2O2/c1-2-11-18-17(16(20)21)10-7-8-15(17)9-14-19-12-5-3-4-6-13-19/h15,18H,2-14H2,1H3,(H,20,21). The largest absolute Gasteiger partial charge is 0.480 e. The lowest BCUT2D eigenvalue weighted by atomic mass is 9.84. The lowest BCUT2D eigenvalue weighted by molar-refractivity contribution is -0.146. The first-order valence-corrected chi connectivity index (χ1v) is 8.90. The van der Waals surface area contributed by atoms with E-state index in [0.717, 1.165) is 45.2 Å². The topological polar surface area (TPSA) is 52.6 Å². The van der Waals surface area contributed by atoms with Gasteiger partial charge < -0.3 is 15.3 Å². The van der Waals surface area contributed by atoms with Gasteiger partial charge in [0.05, 0.1) is 0 Å². The molecule has 2 atom stereocenters. The van der Waals surface area contributed by atoms with Gasteiger partial charge in [0.2, 0.25) is 0 Å². The molecule has 0 aromatic rings. The van der Waals surface area contributed by atoms with Gasteiger partial charge in [-0.1, -0.05) is 26.2 Å². The Bertz CT molecular complexity index is 327. The summed E-state index contributed by atoms with van der Waals surface area (Å²) in [5.41, 5.74) is -0.651. The smallest absolute Gasteiger partial charge is 0.324 e. The van der Waals surface area contributed by atoms with E-state index >= 15 is 0 Å². The van der Waals surface area contributed by atoms with Crippen molar-refractivity contribution >= 4 is 5.97 Å². The van der Waals surface area contributed by atoms with Crippen molar-refractivity contribution in [3.63, 3.8) is 0 Å². The van der Waals surface area contributed by atoms with Crippen molar-refractivity contribution in [2.24, 2.45) is 5.92 Å². The second-order valence-corrected chi connectivity index (χ2v) is 6.84. The third-order valence-electron chi connectivity index (χ3n) is 5.39. The highest BCUT2D eigenvalue weighted by atomic mass is 16.4. The molecular formula is C17H32N2O2. The Morgan fingerprint density at radius 3 is 2.57 bits per heavy atom. The maximum absolute atomic E-state index is 11.9. The molecule has 0 spiro atoms. The van der Waals surface area contributed by atoms with E-state index in [2.05, 4.69) is 17.1 Å². The number of nitrogens with zero attached hydrogens (tertiary/aromatic N) is 1. The summed E-state index contributed by atoms with van der Waals surface area (Å²) in [5.74, 6) is -0.334. The predicted molar refractivity (Wildman–Crippen MR) is 85.5 cm³/mol. The summed E-state index contributed by atoms with van der Waals surface area (Å²) in [6.07, 6.45) is 10.3. The second-order valence-electron chi connectivity index (χ2n) is 6.84. The molecule has 1 saturated carbocycles. The van der Waals surface area contributed by atoms with Crippen LogP contribution in [-0.4, -0.2) is 47.7 Å². The van der Waals surface area contributed by atoms with Gasteiger partial charge in [0, 0.05) is 0 Å². The molecule has 0 aromatic carbocycles. The number of carboxylic acids is 1. The average molecular weight is 296 g/mol. The molecule has 1 aliphatic heterocycles. The molecule has 1 saturated heterocycles. The highest BCUT2D eigenvalue weighted by Crippen LogP contribution is 2.38. The fourth-order valence-electron chi connectivity index (χ4n) is 4.10. The van der Waals surface area contributed by atoms with Crippen molar-refractivity contribution in [3.05, 3.63) is 0 Å². The Hall–Kier alpha value is -0.610. The number of hydrogen-bond donors (Lipinski definition) is 2. The van der Waals surface area contributed by atoms with Gasteiger partial charge in [-0.15, -0.1) is 0 Å². The van der Waals surface area contributed by atoms with Crippen LogP contribution in [0.1, 0.15) is 64.7 Å². The van der Waals surface area contributed by atoms with Crippen molar-refractivity contribution in [1.82, 2.24) is 10.2 Å². The van der Waals surface area contributed by atoms with Crippen molar-refractivity contribution in [2.45, 2.75) is 70.3 Å². The Labute approximate surface area is 129 Å². The summed E-state index contributed by atoms with van der Waals surface area (Å²) in [4.78, 5) is 14.4. The summed E-state index contributed by atoms with van der Waals surface area (Å²) < 4.78 is 0. The van der Waals surface area contributed by atoms with Gasteiger partial charge in [-0.05, 0) is 70.6 Å². The quantitative estimate of drug-likeness (QED) is 0.758. The van der Waals surface area contributed by atoms with Crippen LogP contribution in [0.25, 0.3) is 0 Å². The van der Waals surface area contributed by atoms with Crippen LogP contribution in [0.5, 0.6) is 0 Å². The van der Waals surface area contributed by atoms with Crippen molar-refractivity contribution < 1.29 is 9.90 Å². The first-order valence-electron chi connectivity index (χ1n) is 8.90. The van der Waals surface area contributed by atoms with Crippen LogP contribution in [0.3, 0.4) is 0 Å². The fourth-order valence-corrected chi connectivity index (χ4v) is 4.10. The van der Waals surface area contributed by atoms with E-state index in [1.54, 1.807) is 0 Å². The second kappa shape index (κ2) is 8.14. The molecular weight excluding hydrogens is 264 g/mol. The molecule has 122 valence electrons. The molecule has 0 bridgehead atoms. The number of carbonyl (C=O) groups is 1. The number of likely N-dealkylation sites (tertiary alicyclic amines) is 1. The van der Waals surface area contributed by atoms with Crippen LogP contribution in [0.2, 0.25) is 0 Å². The maximum atomic E-state index is 11.9.